The number of hydrogen-bond acceptors (Lipinski definition) is 4. The van der Waals surface area contributed by atoms with Gasteiger partial charge in [-0.3, -0.25) is 4.98 Å². The van der Waals surface area contributed by atoms with Gasteiger partial charge in [0.05, 0.1) is 5.56 Å². The lowest BCUT2D eigenvalue weighted by Gasteiger charge is -2.02. The summed E-state index contributed by atoms with van der Waals surface area (Å²) in [4.78, 5) is 22.7. The minimum atomic E-state index is -1.06. The van der Waals surface area contributed by atoms with Crippen LogP contribution in [0.5, 0.6) is 0 Å². The van der Waals surface area contributed by atoms with Crippen LogP contribution < -0.4 is 0 Å². The number of aromatic nitrogens is 3. The van der Waals surface area contributed by atoms with E-state index in [-0.39, 0.29) is 5.56 Å². The quantitative estimate of drug-likeness (QED) is 0.893. The summed E-state index contributed by atoms with van der Waals surface area (Å²) >= 11 is 6.63. The topological polar surface area (TPSA) is 76.0 Å². The predicted octanol–water partition coefficient (Wildman–Crippen LogP) is 2.76. The zero-order chi connectivity index (χ0) is 12.4. The number of carboxylic acids is 1. The second-order valence-electron chi connectivity index (χ2n) is 3.08. The van der Waals surface area contributed by atoms with Gasteiger partial charge in [0.1, 0.15) is 5.69 Å². The summed E-state index contributed by atoms with van der Waals surface area (Å²) < 4.78 is 1.56. The SMILES string of the molecule is O=C(O)c1cnc(-c2ncc(Br)cc2Br)nc1. The highest BCUT2D eigenvalue weighted by Crippen LogP contribution is 2.25. The number of hydrogen-bond donors (Lipinski definition) is 1. The van der Waals surface area contributed by atoms with Crippen molar-refractivity contribution >= 4 is 37.8 Å². The summed E-state index contributed by atoms with van der Waals surface area (Å²) in [5, 5.41) is 8.73. The molecule has 0 spiro atoms. The molecule has 0 aliphatic carbocycles. The molecule has 2 aromatic rings. The molecule has 17 heavy (non-hydrogen) atoms. The van der Waals surface area contributed by atoms with Crippen molar-refractivity contribution in [3.8, 4) is 11.5 Å². The lowest BCUT2D eigenvalue weighted by atomic mass is 10.3. The third kappa shape index (κ3) is 2.67. The number of carbonyl (C=O) groups is 1. The summed E-state index contributed by atoms with van der Waals surface area (Å²) in [7, 11) is 0. The molecule has 2 rings (SSSR count). The van der Waals surface area contributed by atoms with Gasteiger partial charge in [0, 0.05) is 27.5 Å². The van der Waals surface area contributed by atoms with Crippen molar-refractivity contribution in [3.05, 3.63) is 39.2 Å². The average Bonchev–Trinajstić information content (AvgIpc) is 2.29. The molecule has 0 fully saturated rings. The molecule has 0 radical (unpaired) electrons. The highest BCUT2D eigenvalue weighted by molar-refractivity contribution is 9.11. The first kappa shape index (κ1) is 12.1. The Morgan fingerprint density at radius 2 is 1.76 bits per heavy atom. The van der Waals surface area contributed by atoms with Gasteiger partial charge in [0.25, 0.3) is 0 Å². The minimum Gasteiger partial charge on any atom is -0.478 e. The van der Waals surface area contributed by atoms with Crippen molar-refractivity contribution in [2.75, 3.05) is 0 Å². The van der Waals surface area contributed by atoms with Crippen LogP contribution in [-0.4, -0.2) is 26.0 Å². The van der Waals surface area contributed by atoms with Gasteiger partial charge in [-0.15, -0.1) is 0 Å². The number of carboxylic acid groups (broad SMARTS) is 1. The first-order valence-electron chi connectivity index (χ1n) is 4.44. The summed E-state index contributed by atoms with van der Waals surface area (Å²) in [5.74, 6) is -0.686. The Bertz CT molecular complexity index is 572. The van der Waals surface area contributed by atoms with Gasteiger partial charge in [-0.25, -0.2) is 14.8 Å². The molecule has 1 N–H and O–H groups in total. The maximum absolute atomic E-state index is 10.6. The van der Waals surface area contributed by atoms with E-state index in [1.165, 1.54) is 12.4 Å². The fourth-order valence-corrected chi connectivity index (χ4v) is 2.30. The third-order valence-corrected chi connectivity index (χ3v) is 2.96. The van der Waals surface area contributed by atoms with Crippen molar-refractivity contribution in [3.63, 3.8) is 0 Å². The van der Waals surface area contributed by atoms with Gasteiger partial charge in [-0.1, -0.05) is 0 Å². The van der Waals surface area contributed by atoms with E-state index in [4.69, 9.17) is 5.11 Å². The van der Waals surface area contributed by atoms with Gasteiger partial charge in [-0.05, 0) is 37.9 Å². The average molecular weight is 359 g/mol. The van der Waals surface area contributed by atoms with Crippen molar-refractivity contribution in [2.24, 2.45) is 0 Å². The minimum absolute atomic E-state index is 0.0435. The maximum Gasteiger partial charge on any atom is 0.338 e. The molecule has 2 aromatic heterocycles. The summed E-state index contributed by atoms with van der Waals surface area (Å²) in [6.07, 6.45) is 4.12. The molecule has 5 nitrogen and oxygen atoms in total. The van der Waals surface area contributed by atoms with E-state index >= 15 is 0 Å². The van der Waals surface area contributed by atoms with E-state index in [9.17, 15) is 4.79 Å². The van der Waals surface area contributed by atoms with Crippen LogP contribution in [0.4, 0.5) is 0 Å². The molecule has 0 aromatic carbocycles. The fraction of sp³-hybridized carbons (Fsp3) is 0. The Hall–Kier alpha value is -1.34. The predicted molar refractivity (Wildman–Crippen MR) is 67.6 cm³/mol. The Balaban J connectivity index is 2.43. The molecular weight excluding hydrogens is 354 g/mol. The fourth-order valence-electron chi connectivity index (χ4n) is 1.14. The molecule has 7 heteroatoms. The third-order valence-electron chi connectivity index (χ3n) is 1.92. The monoisotopic (exact) mass is 357 g/mol. The van der Waals surface area contributed by atoms with Crippen LogP contribution in [0, 0.1) is 0 Å². The van der Waals surface area contributed by atoms with Gasteiger partial charge < -0.3 is 5.11 Å². The van der Waals surface area contributed by atoms with Crippen LogP contribution in [-0.2, 0) is 0 Å². The Labute approximate surface area is 113 Å². The first-order chi connectivity index (χ1) is 8.08. The lowest BCUT2D eigenvalue weighted by molar-refractivity contribution is 0.0696. The van der Waals surface area contributed by atoms with E-state index in [1.807, 2.05) is 6.07 Å². The first-order valence-corrected chi connectivity index (χ1v) is 6.03. The molecule has 0 saturated carbocycles. The summed E-state index contributed by atoms with van der Waals surface area (Å²) in [5.41, 5.74) is 0.604. The second-order valence-corrected chi connectivity index (χ2v) is 4.85. The lowest BCUT2D eigenvalue weighted by Crippen LogP contribution is -2.00. The smallest absolute Gasteiger partial charge is 0.338 e. The largest absolute Gasteiger partial charge is 0.478 e. The zero-order valence-electron chi connectivity index (χ0n) is 8.26. The summed E-state index contributed by atoms with van der Waals surface area (Å²) in [6.45, 7) is 0. The number of pyridine rings is 1. The van der Waals surface area contributed by atoms with Gasteiger partial charge in [-0.2, -0.15) is 0 Å². The van der Waals surface area contributed by atoms with Crippen LogP contribution in [0.2, 0.25) is 0 Å². The number of rotatable bonds is 2. The molecule has 0 unspecified atom stereocenters. The van der Waals surface area contributed by atoms with Crippen molar-refractivity contribution in [2.45, 2.75) is 0 Å². The standard InChI is InChI=1S/C10H5Br2N3O2/c11-6-1-7(12)8(13-4-6)9-14-2-5(3-15-9)10(16)17/h1-4H,(H,16,17). The van der Waals surface area contributed by atoms with Crippen LogP contribution in [0.1, 0.15) is 10.4 Å². The normalized spacial score (nSPS) is 10.2. The van der Waals surface area contributed by atoms with Crippen LogP contribution in [0.3, 0.4) is 0 Å². The van der Waals surface area contributed by atoms with Crippen LogP contribution in [0.15, 0.2) is 33.6 Å². The van der Waals surface area contributed by atoms with Gasteiger partial charge >= 0.3 is 5.97 Å². The highest BCUT2D eigenvalue weighted by Gasteiger charge is 2.10. The number of halogens is 2. The van der Waals surface area contributed by atoms with Gasteiger partial charge in [0.2, 0.25) is 0 Å². The van der Waals surface area contributed by atoms with E-state index in [0.717, 1.165) is 8.95 Å². The van der Waals surface area contributed by atoms with Crippen molar-refractivity contribution in [1.82, 2.24) is 15.0 Å². The number of aromatic carboxylic acids is 1. The maximum atomic E-state index is 10.6. The molecule has 0 bridgehead atoms. The molecule has 0 amide bonds. The second kappa shape index (κ2) is 4.89. The highest BCUT2D eigenvalue weighted by atomic mass is 79.9. The van der Waals surface area contributed by atoms with Crippen LogP contribution >= 0.6 is 31.9 Å². The molecule has 86 valence electrons. The van der Waals surface area contributed by atoms with E-state index < -0.39 is 5.97 Å². The molecule has 0 aliphatic rings. The van der Waals surface area contributed by atoms with E-state index in [1.54, 1.807) is 6.20 Å². The zero-order valence-corrected chi connectivity index (χ0v) is 11.4. The van der Waals surface area contributed by atoms with E-state index in [2.05, 4.69) is 46.8 Å². The Kier molecular flexibility index (Phi) is 3.49. The van der Waals surface area contributed by atoms with Gasteiger partial charge in [0.15, 0.2) is 5.82 Å². The Morgan fingerprint density at radius 3 is 2.29 bits per heavy atom. The molecule has 0 aliphatic heterocycles. The van der Waals surface area contributed by atoms with E-state index in [0.29, 0.717) is 11.5 Å². The molecule has 0 atom stereocenters. The molecule has 2 heterocycles. The van der Waals surface area contributed by atoms with Crippen molar-refractivity contribution in [1.29, 1.82) is 0 Å². The molecule has 0 saturated heterocycles. The number of nitrogens with zero attached hydrogens (tertiary/aromatic N) is 3. The van der Waals surface area contributed by atoms with Crippen molar-refractivity contribution < 1.29 is 9.90 Å². The van der Waals surface area contributed by atoms with Crippen LogP contribution in [0.25, 0.3) is 11.5 Å². The molecular formula is C10H5Br2N3O2. The summed E-state index contributed by atoms with van der Waals surface area (Å²) in [6, 6.07) is 1.82. The Morgan fingerprint density at radius 1 is 1.12 bits per heavy atom.